The lowest BCUT2D eigenvalue weighted by molar-refractivity contribution is -0.129. The maximum absolute atomic E-state index is 13.1. The van der Waals surface area contributed by atoms with Gasteiger partial charge in [0.15, 0.2) is 11.5 Å². The van der Waals surface area contributed by atoms with E-state index in [-0.39, 0.29) is 18.6 Å². The Kier molecular flexibility index (Phi) is 10.6. The molecule has 11 heteroatoms. The molecule has 0 spiro atoms. The summed E-state index contributed by atoms with van der Waals surface area (Å²) in [6.07, 6.45) is -0.360. The Morgan fingerprint density at radius 2 is 1.56 bits per heavy atom. The van der Waals surface area contributed by atoms with Gasteiger partial charge in [0.05, 0.1) is 19.8 Å². The second-order valence-electron chi connectivity index (χ2n) is 11.8. The van der Waals surface area contributed by atoms with Crippen molar-refractivity contribution in [1.29, 1.82) is 0 Å². The quantitative estimate of drug-likeness (QED) is 0.443. The third-order valence-corrected chi connectivity index (χ3v) is 7.52. The van der Waals surface area contributed by atoms with E-state index in [0.717, 1.165) is 24.3 Å². The van der Waals surface area contributed by atoms with Crippen LogP contribution < -0.4 is 14.4 Å². The molecule has 0 saturated carbocycles. The normalized spacial score (nSPS) is 17.4. The van der Waals surface area contributed by atoms with Gasteiger partial charge in [0.1, 0.15) is 12.2 Å². The van der Waals surface area contributed by atoms with Gasteiger partial charge in [-0.1, -0.05) is 30.3 Å². The monoisotopic (exact) mass is 596 g/mol. The van der Waals surface area contributed by atoms with Gasteiger partial charge in [0, 0.05) is 70.9 Å². The van der Waals surface area contributed by atoms with E-state index in [0.29, 0.717) is 57.3 Å². The molecule has 2 fully saturated rings. The lowest BCUT2D eigenvalue weighted by Crippen LogP contribution is -2.57. The van der Waals surface area contributed by atoms with Gasteiger partial charge in [-0.3, -0.25) is 4.79 Å². The molecule has 0 unspecified atom stereocenters. The second-order valence-corrected chi connectivity index (χ2v) is 11.8. The fraction of sp³-hybridized carbons (Fsp3) is 0.531. The standard InChI is InChI=1S/C32H44N4O7/c1-24(37)33-14-16-34(17-15-33)26-11-12-28(29(21-26)40-5)41-20-13-27-22-35(18-19-36(27)31(39)43-32(2,3)4)30(38)42-23-25-9-7-6-8-10-25/h6-12,21,27H,13-20,22-23H2,1-5H3/t27-/m1/s1. The molecular weight excluding hydrogens is 552 g/mol. The van der Waals surface area contributed by atoms with Gasteiger partial charge < -0.3 is 38.5 Å². The van der Waals surface area contributed by atoms with Crippen LogP contribution in [0, 0.1) is 0 Å². The summed E-state index contributed by atoms with van der Waals surface area (Å²) in [5.41, 5.74) is 1.27. The minimum atomic E-state index is -0.641. The minimum Gasteiger partial charge on any atom is -0.493 e. The smallest absolute Gasteiger partial charge is 0.410 e. The summed E-state index contributed by atoms with van der Waals surface area (Å²) in [6.45, 7) is 11.4. The van der Waals surface area contributed by atoms with E-state index in [9.17, 15) is 14.4 Å². The van der Waals surface area contributed by atoms with E-state index >= 15 is 0 Å². The zero-order valence-corrected chi connectivity index (χ0v) is 25.9. The largest absolute Gasteiger partial charge is 0.493 e. The molecule has 0 radical (unpaired) electrons. The van der Waals surface area contributed by atoms with E-state index in [4.69, 9.17) is 18.9 Å². The van der Waals surface area contributed by atoms with Crippen molar-refractivity contribution in [1.82, 2.24) is 14.7 Å². The Balaban J connectivity index is 1.38. The lowest BCUT2D eigenvalue weighted by atomic mass is 10.1. The van der Waals surface area contributed by atoms with E-state index in [2.05, 4.69) is 4.90 Å². The number of hydrogen-bond acceptors (Lipinski definition) is 8. The van der Waals surface area contributed by atoms with Crippen LogP contribution in [0.15, 0.2) is 48.5 Å². The highest BCUT2D eigenvalue weighted by atomic mass is 16.6. The zero-order valence-electron chi connectivity index (χ0n) is 25.9. The summed E-state index contributed by atoms with van der Waals surface area (Å²) < 4.78 is 23.0. The van der Waals surface area contributed by atoms with Crippen molar-refractivity contribution in [2.45, 2.75) is 52.4 Å². The Bertz CT molecular complexity index is 1240. The van der Waals surface area contributed by atoms with Crippen LogP contribution >= 0.6 is 0 Å². The highest BCUT2D eigenvalue weighted by molar-refractivity contribution is 5.73. The number of methoxy groups -OCH3 is 1. The molecule has 2 heterocycles. The molecule has 11 nitrogen and oxygen atoms in total. The van der Waals surface area contributed by atoms with Gasteiger partial charge in [-0.05, 0) is 38.5 Å². The summed E-state index contributed by atoms with van der Waals surface area (Å²) in [5.74, 6) is 1.29. The van der Waals surface area contributed by atoms with Crippen LogP contribution in [0.4, 0.5) is 15.3 Å². The number of piperazine rings is 2. The molecule has 0 N–H and O–H groups in total. The van der Waals surface area contributed by atoms with Crippen LogP contribution in [0.3, 0.4) is 0 Å². The van der Waals surface area contributed by atoms with E-state index in [1.807, 2.05) is 74.2 Å². The molecule has 2 aromatic rings. The highest BCUT2D eigenvalue weighted by Gasteiger charge is 2.35. The first-order chi connectivity index (χ1) is 20.5. The van der Waals surface area contributed by atoms with Gasteiger partial charge in [-0.15, -0.1) is 0 Å². The zero-order chi connectivity index (χ0) is 31.0. The topological polar surface area (TPSA) is 101 Å². The Morgan fingerprint density at radius 1 is 0.860 bits per heavy atom. The predicted molar refractivity (Wildman–Crippen MR) is 163 cm³/mol. The van der Waals surface area contributed by atoms with Crippen molar-refractivity contribution in [3.05, 3.63) is 54.1 Å². The van der Waals surface area contributed by atoms with Crippen molar-refractivity contribution in [2.75, 3.05) is 64.4 Å². The highest BCUT2D eigenvalue weighted by Crippen LogP contribution is 2.33. The molecule has 2 saturated heterocycles. The van der Waals surface area contributed by atoms with E-state index in [1.165, 1.54) is 0 Å². The average molecular weight is 597 g/mol. The maximum atomic E-state index is 13.1. The van der Waals surface area contributed by atoms with Crippen LogP contribution in [0.5, 0.6) is 11.5 Å². The Labute approximate surface area is 254 Å². The summed E-state index contributed by atoms with van der Waals surface area (Å²) in [4.78, 5) is 45.0. The molecule has 2 aliphatic rings. The molecule has 0 aromatic heterocycles. The van der Waals surface area contributed by atoms with Gasteiger partial charge in [-0.25, -0.2) is 9.59 Å². The number of rotatable bonds is 8. The first-order valence-corrected chi connectivity index (χ1v) is 14.8. The molecule has 3 amide bonds. The van der Waals surface area contributed by atoms with Crippen LogP contribution in [0.2, 0.25) is 0 Å². The molecule has 2 aliphatic heterocycles. The molecule has 1 atom stereocenters. The fourth-order valence-corrected chi connectivity index (χ4v) is 5.20. The number of benzene rings is 2. The SMILES string of the molecule is COc1cc(N2CCN(C(C)=O)CC2)ccc1OCC[C@@H]1CN(C(=O)OCc2ccccc2)CCN1C(=O)OC(C)(C)C. The van der Waals surface area contributed by atoms with Crippen molar-refractivity contribution in [3.8, 4) is 11.5 Å². The van der Waals surface area contributed by atoms with E-state index in [1.54, 1.807) is 23.8 Å². The first kappa shape index (κ1) is 31.8. The van der Waals surface area contributed by atoms with Gasteiger partial charge in [-0.2, -0.15) is 0 Å². The maximum Gasteiger partial charge on any atom is 0.410 e. The number of amides is 3. The predicted octanol–water partition coefficient (Wildman–Crippen LogP) is 4.39. The van der Waals surface area contributed by atoms with Crippen molar-refractivity contribution < 1.29 is 33.3 Å². The summed E-state index contributed by atoms with van der Waals surface area (Å²) in [6, 6.07) is 15.0. The third-order valence-electron chi connectivity index (χ3n) is 7.52. The van der Waals surface area contributed by atoms with Crippen LogP contribution in [-0.4, -0.2) is 104 Å². The van der Waals surface area contributed by atoms with Crippen LogP contribution in [0.1, 0.15) is 39.7 Å². The molecule has 4 rings (SSSR count). The number of anilines is 1. The van der Waals surface area contributed by atoms with Crippen molar-refractivity contribution in [2.24, 2.45) is 0 Å². The van der Waals surface area contributed by atoms with Gasteiger partial charge in [0.25, 0.3) is 0 Å². The summed E-state index contributed by atoms with van der Waals surface area (Å²) >= 11 is 0. The van der Waals surface area contributed by atoms with Crippen LogP contribution in [-0.2, 0) is 20.9 Å². The van der Waals surface area contributed by atoms with Crippen molar-refractivity contribution >= 4 is 23.8 Å². The average Bonchev–Trinajstić information content (AvgIpc) is 2.99. The first-order valence-electron chi connectivity index (χ1n) is 14.8. The molecular formula is C32H44N4O7. The van der Waals surface area contributed by atoms with Gasteiger partial charge in [0.2, 0.25) is 5.91 Å². The Morgan fingerprint density at radius 3 is 2.21 bits per heavy atom. The van der Waals surface area contributed by atoms with Crippen molar-refractivity contribution in [3.63, 3.8) is 0 Å². The number of ether oxygens (including phenoxy) is 4. The Hall–Kier alpha value is -4.15. The molecule has 0 aliphatic carbocycles. The molecule has 234 valence electrons. The van der Waals surface area contributed by atoms with Crippen LogP contribution in [0.25, 0.3) is 0 Å². The third kappa shape index (κ3) is 8.92. The molecule has 2 aromatic carbocycles. The minimum absolute atomic E-state index is 0.0939. The summed E-state index contributed by atoms with van der Waals surface area (Å²) in [5, 5.41) is 0. The summed E-state index contributed by atoms with van der Waals surface area (Å²) in [7, 11) is 1.60. The molecule has 43 heavy (non-hydrogen) atoms. The number of carbonyl (C=O) groups is 3. The fourth-order valence-electron chi connectivity index (χ4n) is 5.20. The number of carbonyl (C=O) groups excluding carboxylic acids is 3. The molecule has 0 bridgehead atoms. The van der Waals surface area contributed by atoms with Gasteiger partial charge >= 0.3 is 12.2 Å². The van der Waals surface area contributed by atoms with E-state index < -0.39 is 17.8 Å². The lowest BCUT2D eigenvalue weighted by Gasteiger charge is -2.41. The number of hydrogen-bond donors (Lipinski definition) is 0. The second kappa shape index (κ2) is 14.3. The number of nitrogens with zero attached hydrogens (tertiary/aromatic N) is 4.